The number of carboxylic acid groups (broad SMARTS) is 1. The van der Waals surface area contributed by atoms with Crippen molar-refractivity contribution in [2.75, 3.05) is 24.3 Å². The molecule has 0 radical (unpaired) electrons. The molecule has 1 aromatic rings. The molecular weight excluding hydrogens is 390 g/mol. The molecule has 11 nitrogen and oxygen atoms in total. The largest absolute Gasteiger partial charge is 0.543 e. The lowest BCUT2D eigenvalue weighted by Crippen LogP contribution is -2.69. The van der Waals surface area contributed by atoms with Crippen molar-refractivity contribution in [3.05, 3.63) is 23.5 Å². The first kappa shape index (κ1) is 19.9. The van der Waals surface area contributed by atoms with Crippen molar-refractivity contribution in [3.63, 3.8) is 0 Å². The van der Waals surface area contributed by atoms with Gasteiger partial charge in [-0.2, -0.15) is 0 Å². The highest BCUT2D eigenvalue weighted by atomic mass is 32.2. The first-order valence-electron chi connectivity index (χ1n) is 8.28. The smallest absolute Gasteiger partial charge is 0.325 e. The van der Waals surface area contributed by atoms with Crippen molar-refractivity contribution in [2.45, 2.75) is 18.0 Å². The maximum atomic E-state index is 12.0. The first-order valence-corrected chi connectivity index (χ1v) is 9.32. The van der Waals surface area contributed by atoms with E-state index in [1.165, 1.54) is 28.7 Å². The molecule has 2 aliphatic heterocycles. The zero-order valence-electron chi connectivity index (χ0n) is 15.2. The van der Waals surface area contributed by atoms with Crippen LogP contribution in [0.2, 0.25) is 0 Å². The van der Waals surface area contributed by atoms with Crippen LogP contribution in [-0.2, 0) is 37.5 Å². The van der Waals surface area contributed by atoms with Crippen LogP contribution in [0.5, 0.6) is 0 Å². The molecule has 0 bridgehead atoms. The zero-order chi connectivity index (χ0) is 20.6. The maximum Gasteiger partial charge on any atom is 0.325 e. The monoisotopic (exact) mass is 409 g/mol. The summed E-state index contributed by atoms with van der Waals surface area (Å²) >= 11 is 1.39. The number of amides is 2. The number of nitrogens with zero attached hydrogens (tertiary/aromatic N) is 4. The van der Waals surface area contributed by atoms with Gasteiger partial charge in [-0.3, -0.25) is 24.2 Å². The molecule has 0 unspecified atom stereocenters. The van der Waals surface area contributed by atoms with E-state index < -0.39 is 29.3 Å². The standard InChI is InChI=1S/C16H19N5O6S/c1-18-10(19(8-22)6-11(23)27-2)3-4-20(18)5-9-7-28-15-12(17)14(24)21(15)13(9)16(25)26/h3-4,8,12,15H,5-7,17H2,1-2H3/t12-,15-/m1/s1. The minimum atomic E-state index is -1.43. The molecule has 1 aromatic heterocycles. The van der Waals surface area contributed by atoms with E-state index in [-0.39, 0.29) is 18.8 Å². The molecule has 0 saturated carbocycles. The molecule has 1 fully saturated rings. The third-order valence-electron chi connectivity index (χ3n) is 4.70. The number of carbonyl (C=O) groups excluding carboxylic acids is 4. The van der Waals surface area contributed by atoms with Crippen LogP contribution in [0.25, 0.3) is 0 Å². The summed E-state index contributed by atoms with van der Waals surface area (Å²) in [6.07, 6.45) is 2.15. The number of hydrogen-bond acceptors (Lipinski definition) is 8. The molecule has 0 aromatic carbocycles. The summed E-state index contributed by atoms with van der Waals surface area (Å²) in [6.45, 7) is -0.105. The molecule has 1 saturated heterocycles. The topological polar surface area (TPSA) is 142 Å². The number of anilines is 1. The normalized spacial score (nSPS) is 21.1. The Labute approximate surface area is 164 Å². The quantitative estimate of drug-likeness (QED) is 0.214. The minimum Gasteiger partial charge on any atom is -0.543 e. The van der Waals surface area contributed by atoms with Crippen LogP contribution in [0.15, 0.2) is 23.5 Å². The Hall–Kier alpha value is -2.86. The summed E-state index contributed by atoms with van der Waals surface area (Å²) in [5, 5.41) is 11.3. The lowest BCUT2D eigenvalue weighted by molar-refractivity contribution is -0.765. The van der Waals surface area contributed by atoms with E-state index >= 15 is 0 Å². The molecule has 3 rings (SSSR count). The van der Waals surface area contributed by atoms with E-state index in [0.717, 1.165) is 0 Å². The fourth-order valence-corrected chi connectivity index (χ4v) is 4.48. The van der Waals surface area contributed by atoms with Gasteiger partial charge < -0.3 is 20.4 Å². The summed E-state index contributed by atoms with van der Waals surface area (Å²) in [5.41, 5.74) is 6.06. The molecule has 2 amide bonds. The Kier molecular flexibility index (Phi) is 5.42. The van der Waals surface area contributed by atoms with Crippen molar-refractivity contribution in [3.8, 4) is 0 Å². The lowest BCUT2D eigenvalue weighted by Gasteiger charge is -2.49. The van der Waals surface area contributed by atoms with Gasteiger partial charge in [-0.1, -0.05) is 0 Å². The van der Waals surface area contributed by atoms with Gasteiger partial charge in [0.2, 0.25) is 12.3 Å². The Morgan fingerprint density at radius 1 is 1.54 bits per heavy atom. The maximum absolute atomic E-state index is 12.0. The van der Waals surface area contributed by atoms with Crippen LogP contribution in [0, 0.1) is 0 Å². The van der Waals surface area contributed by atoms with Gasteiger partial charge in [-0.25, -0.2) is 0 Å². The second-order valence-electron chi connectivity index (χ2n) is 6.28. The number of esters is 1. The van der Waals surface area contributed by atoms with Gasteiger partial charge in [-0.15, -0.1) is 21.1 Å². The van der Waals surface area contributed by atoms with E-state index in [0.29, 0.717) is 23.6 Å². The van der Waals surface area contributed by atoms with Gasteiger partial charge in [0.25, 0.3) is 0 Å². The summed E-state index contributed by atoms with van der Waals surface area (Å²) in [4.78, 5) is 48.8. The second-order valence-corrected chi connectivity index (χ2v) is 7.38. The Balaban J connectivity index is 1.88. The van der Waals surface area contributed by atoms with Gasteiger partial charge in [0.1, 0.15) is 18.0 Å². The number of methoxy groups -OCH3 is 1. The van der Waals surface area contributed by atoms with Crippen LogP contribution in [-0.4, -0.2) is 64.7 Å². The first-order chi connectivity index (χ1) is 13.3. The zero-order valence-corrected chi connectivity index (χ0v) is 16.0. The van der Waals surface area contributed by atoms with Gasteiger partial charge in [-0.05, 0) is 0 Å². The van der Waals surface area contributed by atoms with Crippen LogP contribution >= 0.6 is 11.8 Å². The number of thioether (sulfide) groups is 1. The molecule has 2 atom stereocenters. The molecule has 2 N–H and O–H groups in total. The third kappa shape index (κ3) is 3.24. The highest BCUT2D eigenvalue weighted by Gasteiger charge is 2.50. The van der Waals surface area contributed by atoms with E-state index in [2.05, 4.69) is 4.74 Å². The molecule has 150 valence electrons. The number of β-lactam (4-membered cyclic amide) rings is 1. The number of fused-ring (bicyclic) bond motifs is 1. The van der Waals surface area contributed by atoms with Crippen LogP contribution in [0.1, 0.15) is 0 Å². The van der Waals surface area contributed by atoms with Gasteiger partial charge >= 0.3 is 5.97 Å². The number of aromatic nitrogens is 2. The lowest BCUT2D eigenvalue weighted by atomic mass is 10.0. The molecule has 28 heavy (non-hydrogen) atoms. The number of ether oxygens (including phenoxy) is 1. The van der Waals surface area contributed by atoms with Crippen LogP contribution in [0.4, 0.5) is 5.82 Å². The fourth-order valence-electron chi connectivity index (χ4n) is 3.19. The van der Waals surface area contributed by atoms with Gasteiger partial charge in [0, 0.05) is 11.3 Å². The summed E-state index contributed by atoms with van der Waals surface area (Å²) in [7, 11) is 2.88. The van der Waals surface area contributed by atoms with E-state index in [1.54, 1.807) is 28.7 Å². The summed E-state index contributed by atoms with van der Waals surface area (Å²) in [5.74, 6) is -1.67. The number of aliphatic carboxylic acids is 1. The summed E-state index contributed by atoms with van der Waals surface area (Å²) < 4.78 is 7.83. The molecule has 3 heterocycles. The average molecular weight is 409 g/mol. The van der Waals surface area contributed by atoms with Crippen LogP contribution in [0.3, 0.4) is 0 Å². The minimum absolute atomic E-state index is 0.156. The van der Waals surface area contributed by atoms with E-state index in [9.17, 15) is 24.3 Å². The number of carbonyl (C=O) groups is 4. The molecular formula is C16H19N5O6S. The van der Waals surface area contributed by atoms with E-state index in [1.807, 2.05) is 0 Å². The predicted octanol–water partition coefficient (Wildman–Crippen LogP) is -3.31. The number of hydrogen-bond donors (Lipinski definition) is 1. The van der Waals surface area contributed by atoms with Crippen molar-refractivity contribution in [2.24, 2.45) is 12.8 Å². The Morgan fingerprint density at radius 2 is 2.25 bits per heavy atom. The fraction of sp³-hybridized carbons (Fsp3) is 0.438. The number of carboxylic acids is 1. The summed E-state index contributed by atoms with van der Waals surface area (Å²) in [6, 6.07) is 0.898. The molecule has 0 aliphatic carbocycles. The SMILES string of the molecule is COC(=O)CN(C=O)c1cc[n+](CC2=C(C(=O)[O-])N3C(=O)[C@@H](N)[C@H]3SC2)n1C. The Bertz CT molecular complexity index is 881. The molecule has 0 spiro atoms. The van der Waals surface area contributed by atoms with Crippen LogP contribution < -0.4 is 20.4 Å². The number of rotatable bonds is 7. The van der Waals surface area contributed by atoms with Gasteiger partial charge in [0.05, 0.1) is 31.9 Å². The predicted molar refractivity (Wildman–Crippen MR) is 94.1 cm³/mol. The third-order valence-corrected chi connectivity index (χ3v) is 6.06. The number of nitrogens with two attached hydrogens (primary N) is 1. The van der Waals surface area contributed by atoms with Crippen molar-refractivity contribution < 1.29 is 33.7 Å². The van der Waals surface area contributed by atoms with Crippen molar-refractivity contribution in [1.82, 2.24) is 9.58 Å². The second kappa shape index (κ2) is 7.64. The van der Waals surface area contributed by atoms with Crippen molar-refractivity contribution in [1.29, 1.82) is 0 Å². The Morgan fingerprint density at radius 3 is 2.86 bits per heavy atom. The van der Waals surface area contributed by atoms with E-state index in [4.69, 9.17) is 5.73 Å². The highest BCUT2D eigenvalue weighted by Crippen LogP contribution is 2.39. The highest BCUT2D eigenvalue weighted by molar-refractivity contribution is 8.00. The molecule has 2 aliphatic rings. The average Bonchev–Trinajstić information content (AvgIpc) is 3.04. The molecule has 12 heteroatoms. The van der Waals surface area contributed by atoms with Gasteiger partial charge in [0.15, 0.2) is 18.6 Å². The van der Waals surface area contributed by atoms with Crippen molar-refractivity contribution >= 4 is 41.8 Å².